The lowest BCUT2D eigenvalue weighted by molar-refractivity contribution is -0.143. The number of allylic oxidation sites excluding steroid dienone is 5. The van der Waals surface area contributed by atoms with Gasteiger partial charge < -0.3 is 40.0 Å². The monoisotopic (exact) mass is 744 g/mol. The Bertz CT molecular complexity index is 1440. The van der Waals surface area contributed by atoms with E-state index < -0.39 is 36.4 Å². The lowest BCUT2D eigenvalue weighted by Crippen LogP contribution is -2.56. The molecule has 1 saturated heterocycles. The zero-order chi connectivity index (χ0) is 37.6. The van der Waals surface area contributed by atoms with Crippen LogP contribution < -0.4 is 20.1 Å². The van der Waals surface area contributed by atoms with Crippen LogP contribution in [0.25, 0.3) is 0 Å². The lowest BCUT2D eigenvalue weighted by Gasteiger charge is -2.31. The minimum absolute atomic E-state index is 0.0799. The maximum Gasteiger partial charge on any atom is 0.245 e. The zero-order valence-electron chi connectivity index (χ0n) is 31.0. The first-order valence-electron chi connectivity index (χ1n) is 18.7. The first-order chi connectivity index (χ1) is 25.0. The van der Waals surface area contributed by atoms with Gasteiger partial charge >= 0.3 is 0 Å². The first-order valence-corrected chi connectivity index (χ1v) is 19.1. The number of hydrogen-bond donors (Lipinski definition) is 4. The summed E-state index contributed by atoms with van der Waals surface area (Å²) in [4.78, 5) is 45.5. The van der Waals surface area contributed by atoms with Gasteiger partial charge in [-0.15, -0.1) is 0 Å². The molecule has 3 amide bonds. The molecule has 0 spiro atoms. The number of fused-ring (bicyclic) bond motifs is 1. The molecule has 4 rings (SSSR count). The van der Waals surface area contributed by atoms with Crippen molar-refractivity contribution in [1.29, 1.82) is 0 Å². The molecule has 1 aromatic carbocycles. The molecule has 2 unspecified atom stereocenters. The number of halogens is 1. The predicted molar refractivity (Wildman–Crippen MR) is 199 cm³/mol. The Hall–Kier alpha value is -3.42. The van der Waals surface area contributed by atoms with Crippen LogP contribution >= 0.6 is 11.6 Å². The van der Waals surface area contributed by atoms with Crippen molar-refractivity contribution in [2.24, 2.45) is 5.92 Å². The number of carbonyl (C=O) groups excluding carboxylic acids is 3. The summed E-state index contributed by atoms with van der Waals surface area (Å²) in [5, 5.41) is 27.0. The Morgan fingerprint density at radius 2 is 1.77 bits per heavy atom. The number of aliphatic hydroxyl groups is 2. The fourth-order valence-electron chi connectivity index (χ4n) is 6.59. The number of aliphatic hydroxyl groups excluding tert-OH is 1. The van der Waals surface area contributed by atoms with Crippen molar-refractivity contribution >= 4 is 29.3 Å². The van der Waals surface area contributed by atoms with Crippen molar-refractivity contribution in [1.82, 2.24) is 20.4 Å². The van der Waals surface area contributed by atoms with Gasteiger partial charge in [0.15, 0.2) is 17.8 Å². The highest BCUT2D eigenvalue weighted by atomic mass is 35.5. The minimum atomic E-state index is -1.86. The molecule has 0 radical (unpaired) electrons. The van der Waals surface area contributed by atoms with Crippen LogP contribution in [0.3, 0.4) is 0 Å². The Morgan fingerprint density at radius 3 is 2.46 bits per heavy atom. The zero-order valence-corrected chi connectivity index (χ0v) is 31.8. The number of amides is 3. The van der Waals surface area contributed by atoms with Gasteiger partial charge in [-0.2, -0.15) is 0 Å². The molecule has 3 aliphatic rings. The number of benzene rings is 1. The Labute approximate surface area is 313 Å². The average Bonchev–Trinajstić information content (AvgIpc) is 3.71. The SMILES string of the molecule is CCCCN(CCCC)CC(=O)NC(CC(C)C)C(=O)N1C[C@H](OCc2ccc3c(c2)OCO3)C[C@H]1C(=O)NC(CC1=CCC=C(Cl)C=C1)C(O)O. The molecule has 52 heavy (non-hydrogen) atoms. The fraction of sp³-hybridized carbons (Fsp3) is 0.615. The minimum Gasteiger partial charge on any atom is -0.454 e. The van der Waals surface area contributed by atoms with E-state index in [1.165, 1.54) is 4.90 Å². The van der Waals surface area contributed by atoms with Gasteiger partial charge in [0.25, 0.3) is 0 Å². The number of nitrogens with zero attached hydrogens (tertiary/aromatic N) is 2. The van der Waals surface area contributed by atoms with Crippen molar-refractivity contribution in [3.8, 4) is 11.5 Å². The van der Waals surface area contributed by atoms with Crippen molar-refractivity contribution < 1.29 is 38.8 Å². The van der Waals surface area contributed by atoms with Gasteiger partial charge in [0.1, 0.15) is 12.1 Å². The van der Waals surface area contributed by atoms with Crippen LogP contribution in [0.4, 0.5) is 0 Å². The normalized spacial score (nSPS) is 19.5. The molecule has 2 heterocycles. The molecule has 1 aliphatic carbocycles. The highest BCUT2D eigenvalue weighted by Gasteiger charge is 2.43. The van der Waals surface area contributed by atoms with Crippen LogP contribution in [0.5, 0.6) is 11.5 Å². The first kappa shape index (κ1) is 41.3. The van der Waals surface area contributed by atoms with Gasteiger partial charge in [-0.25, -0.2) is 0 Å². The third kappa shape index (κ3) is 12.6. The molecule has 1 aromatic rings. The van der Waals surface area contributed by atoms with E-state index in [1.807, 2.05) is 44.2 Å². The highest BCUT2D eigenvalue weighted by molar-refractivity contribution is 6.31. The number of ether oxygens (including phenoxy) is 3. The summed E-state index contributed by atoms with van der Waals surface area (Å²) in [6.45, 7) is 10.5. The van der Waals surface area contributed by atoms with Gasteiger partial charge in [-0.1, -0.05) is 76.4 Å². The molecular weight excluding hydrogens is 688 g/mol. The topological polar surface area (TPSA) is 150 Å². The van der Waals surface area contributed by atoms with Gasteiger partial charge in [-0.3, -0.25) is 19.3 Å². The van der Waals surface area contributed by atoms with Crippen LogP contribution in [0.2, 0.25) is 0 Å². The molecule has 4 atom stereocenters. The summed E-state index contributed by atoms with van der Waals surface area (Å²) in [7, 11) is 0. The van der Waals surface area contributed by atoms with Crippen molar-refractivity contribution in [3.05, 3.63) is 58.7 Å². The van der Waals surface area contributed by atoms with Crippen molar-refractivity contribution in [2.45, 2.75) is 116 Å². The number of likely N-dealkylation sites (tertiary alicyclic amines) is 1. The van der Waals surface area contributed by atoms with E-state index in [2.05, 4.69) is 29.4 Å². The van der Waals surface area contributed by atoms with E-state index in [0.29, 0.717) is 29.4 Å². The number of rotatable bonds is 20. The van der Waals surface area contributed by atoms with Crippen LogP contribution in [0, 0.1) is 5.92 Å². The van der Waals surface area contributed by atoms with E-state index in [0.717, 1.165) is 49.9 Å². The Kier molecular flexibility index (Phi) is 16.5. The largest absolute Gasteiger partial charge is 0.454 e. The Morgan fingerprint density at radius 1 is 1.04 bits per heavy atom. The standard InChI is InChI=1S/C39H57ClN4O8/c1-5-7-16-43(17-8-6-2)23-36(45)41-31(18-26(3)4)38(47)44-22-30(50-24-28-13-15-34-35(20-28)52-25-51-34)21-33(44)37(46)42-32(39(48)49)19-27-10-9-11-29(40)14-12-27/h10-15,20,26,30-33,39,48-49H,5-9,16-19,21-25H2,1-4H3,(H,41,45)(H,42,46)/t30-,31?,32?,33+/m1/s1. The summed E-state index contributed by atoms with van der Waals surface area (Å²) in [5.74, 6) is 0.227. The molecule has 12 nitrogen and oxygen atoms in total. The third-order valence-electron chi connectivity index (χ3n) is 9.43. The summed E-state index contributed by atoms with van der Waals surface area (Å²) >= 11 is 6.14. The second-order valence-corrected chi connectivity index (χ2v) is 14.7. The lowest BCUT2D eigenvalue weighted by atomic mass is 10.0. The molecule has 288 valence electrons. The number of nitrogens with one attached hydrogen (secondary N) is 2. The second kappa shape index (κ2) is 20.7. The number of carbonyl (C=O) groups is 3. The molecule has 2 aliphatic heterocycles. The molecule has 0 saturated carbocycles. The van der Waals surface area contributed by atoms with Gasteiger partial charge in [0.2, 0.25) is 24.5 Å². The molecular formula is C39H57ClN4O8. The van der Waals surface area contributed by atoms with Gasteiger partial charge in [0.05, 0.1) is 25.3 Å². The van der Waals surface area contributed by atoms with E-state index in [4.69, 9.17) is 25.8 Å². The average molecular weight is 745 g/mol. The number of unbranched alkanes of at least 4 members (excludes halogenated alkanes) is 2. The van der Waals surface area contributed by atoms with E-state index in [9.17, 15) is 24.6 Å². The fourth-order valence-corrected chi connectivity index (χ4v) is 6.74. The van der Waals surface area contributed by atoms with Crippen molar-refractivity contribution in [2.75, 3.05) is 33.0 Å². The molecule has 4 N–H and O–H groups in total. The predicted octanol–water partition coefficient (Wildman–Crippen LogP) is 4.53. The quantitative estimate of drug-likeness (QED) is 0.141. The van der Waals surface area contributed by atoms with Gasteiger partial charge in [-0.05, 0) is 80.5 Å². The molecule has 1 fully saturated rings. The van der Waals surface area contributed by atoms with Crippen LogP contribution in [0.1, 0.15) is 84.6 Å². The highest BCUT2D eigenvalue weighted by Crippen LogP contribution is 2.33. The maximum atomic E-state index is 14.4. The molecule has 0 aromatic heterocycles. The van der Waals surface area contributed by atoms with E-state index in [1.54, 1.807) is 12.2 Å². The maximum absolute atomic E-state index is 14.4. The van der Waals surface area contributed by atoms with Crippen molar-refractivity contribution in [3.63, 3.8) is 0 Å². The Balaban J connectivity index is 1.52. The summed E-state index contributed by atoms with van der Waals surface area (Å²) in [5.41, 5.74) is 1.62. The van der Waals surface area contributed by atoms with Gasteiger partial charge in [0, 0.05) is 18.0 Å². The molecule has 13 heteroatoms. The summed E-state index contributed by atoms with van der Waals surface area (Å²) in [6.07, 6.45) is 10.1. The second-order valence-electron chi connectivity index (χ2n) is 14.3. The summed E-state index contributed by atoms with van der Waals surface area (Å²) in [6, 6.07) is 2.66. The van der Waals surface area contributed by atoms with Crippen LogP contribution in [0.15, 0.2) is 53.1 Å². The molecule has 0 bridgehead atoms. The van der Waals surface area contributed by atoms with E-state index in [-0.39, 0.29) is 57.1 Å². The third-order valence-corrected chi connectivity index (χ3v) is 9.71. The number of hydrogen-bond acceptors (Lipinski definition) is 9. The smallest absolute Gasteiger partial charge is 0.245 e. The van der Waals surface area contributed by atoms with E-state index >= 15 is 0 Å². The van der Waals surface area contributed by atoms with Crippen LogP contribution in [-0.2, 0) is 25.7 Å². The van der Waals surface area contributed by atoms with Crippen LogP contribution in [-0.4, -0.2) is 101 Å². The summed E-state index contributed by atoms with van der Waals surface area (Å²) < 4.78 is 17.2.